The predicted molar refractivity (Wildman–Crippen MR) is 124 cm³/mol. The minimum absolute atomic E-state index is 0.120. The maximum Gasteiger partial charge on any atom is 0.234 e. The Morgan fingerprint density at radius 1 is 1.00 bits per heavy atom. The highest BCUT2D eigenvalue weighted by molar-refractivity contribution is 7.99. The molecule has 0 aliphatic carbocycles. The predicted octanol–water partition coefficient (Wildman–Crippen LogP) is 5.20. The number of anilines is 1. The number of aromatic nitrogens is 3. The minimum atomic E-state index is -0.329. The largest absolute Gasteiger partial charge is 0.492 e. The second-order valence-electron chi connectivity index (χ2n) is 6.75. The van der Waals surface area contributed by atoms with Gasteiger partial charge in [0.25, 0.3) is 0 Å². The van der Waals surface area contributed by atoms with Gasteiger partial charge in [-0.25, -0.2) is 4.39 Å². The van der Waals surface area contributed by atoms with E-state index in [1.165, 1.54) is 23.9 Å². The Hall–Kier alpha value is -3.65. The molecule has 0 saturated heterocycles. The highest BCUT2D eigenvalue weighted by atomic mass is 32.2. The molecule has 162 valence electrons. The molecule has 4 aromatic rings. The lowest BCUT2D eigenvalue weighted by Gasteiger charge is -2.12. The van der Waals surface area contributed by atoms with Gasteiger partial charge in [0.05, 0.1) is 18.0 Å². The molecule has 0 radical (unpaired) electrons. The fraction of sp³-hybridized carbons (Fsp3) is 0.125. The first kappa shape index (κ1) is 21.6. The van der Waals surface area contributed by atoms with Crippen LogP contribution in [0.15, 0.2) is 84.0 Å². The smallest absolute Gasteiger partial charge is 0.234 e. The van der Waals surface area contributed by atoms with Gasteiger partial charge in [-0.3, -0.25) is 9.36 Å². The van der Waals surface area contributed by atoms with E-state index in [4.69, 9.17) is 4.74 Å². The van der Waals surface area contributed by atoms with E-state index in [1.807, 2.05) is 60.0 Å². The summed E-state index contributed by atoms with van der Waals surface area (Å²) in [5.74, 6) is 0.826. The third-order valence-electron chi connectivity index (χ3n) is 4.54. The van der Waals surface area contributed by atoms with Crippen LogP contribution in [0.4, 0.5) is 10.1 Å². The molecular weight excluding hydrogens is 427 g/mol. The molecule has 1 heterocycles. The monoisotopic (exact) mass is 448 g/mol. The number of nitrogens with zero attached hydrogens (tertiary/aromatic N) is 3. The van der Waals surface area contributed by atoms with Gasteiger partial charge in [-0.1, -0.05) is 54.2 Å². The summed E-state index contributed by atoms with van der Waals surface area (Å²) in [7, 11) is 0. The molecule has 0 atom stereocenters. The minimum Gasteiger partial charge on any atom is -0.492 e. The van der Waals surface area contributed by atoms with Gasteiger partial charge < -0.3 is 10.1 Å². The number of amides is 1. The Balaban J connectivity index is 1.57. The fourth-order valence-corrected chi connectivity index (χ4v) is 3.88. The number of carbonyl (C=O) groups is 1. The van der Waals surface area contributed by atoms with E-state index in [-0.39, 0.29) is 17.5 Å². The molecule has 1 N–H and O–H groups in total. The summed E-state index contributed by atoms with van der Waals surface area (Å²) < 4.78 is 20.9. The van der Waals surface area contributed by atoms with Crippen molar-refractivity contribution in [1.29, 1.82) is 0 Å². The van der Waals surface area contributed by atoms with E-state index in [0.717, 1.165) is 5.56 Å². The van der Waals surface area contributed by atoms with Crippen LogP contribution in [0.1, 0.15) is 6.92 Å². The Kier molecular flexibility index (Phi) is 6.81. The summed E-state index contributed by atoms with van der Waals surface area (Å²) in [4.78, 5) is 12.6. The maximum absolute atomic E-state index is 13.5. The van der Waals surface area contributed by atoms with Crippen molar-refractivity contribution >= 4 is 23.4 Å². The highest BCUT2D eigenvalue weighted by Gasteiger charge is 2.18. The molecule has 32 heavy (non-hydrogen) atoms. The van der Waals surface area contributed by atoms with Crippen molar-refractivity contribution < 1.29 is 13.9 Å². The van der Waals surface area contributed by atoms with Crippen LogP contribution in [0.25, 0.3) is 17.1 Å². The second-order valence-corrected chi connectivity index (χ2v) is 7.69. The van der Waals surface area contributed by atoms with Gasteiger partial charge in [-0.2, -0.15) is 0 Å². The van der Waals surface area contributed by atoms with Gasteiger partial charge >= 0.3 is 0 Å². The number of para-hydroxylation sites is 2. The van der Waals surface area contributed by atoms with E-state index < -0.39 is 0 Å². The van der Waals surface area contributed by atoms with Gasteiger partial charge in [-0.15, -0.1) is 10.2 Å². The Morgan fingerprint density at radius 2 is 1.72 bits per heavy atom. The molecule has 6 nitrogen and oxygen atoms in total. The molecule has 1 amide bonds. The molecule has 0 aliphatic heterocycles. The van der Waals surface area contributed by atoms with E-state index >= 15 is 0 Å². The molecule has 0 spiro atoms. The summed E-state index contributed by atoms with van der Waals surface area (Å²) in [6.45, 7) is 2.39. The average molecular weight is 449 g/mol. The molecule has 1 aromatic heterocycles. The number of thioether (sulfide) groups is 1. The van der Waals surface area contributed by atoms with Gasteiger partial charge in [0.15, 0.2) is 11.0 Å². The number of carbonyl (C=O) groups excluding carboxylic acids is 1. The summed E-state index contributed by atoms with van der Waals surface area (Å²) in [5.41, 5.74) is 2.19. The highest BCUT2D eigenvalue weighted by Crippen LogP contribution is 2.29. The van der Waals surface area contributed by atoms with Gasteiger partial charge in [0.1, 0.15) is 11.6 Å². The first-order chi connectivity index (χ1) is 15.7. The molecule has 3 aromatic carbocycles. The van der Waals surface area contributed by atoms with Crippen molar-refractivity contribution in [2.45, 2.75) is 12.1 Å². The third kappa shape index (κ3) is 4.97. The summed E-state index contributed by atoms with van der Waals surface area (Å²) in [6, 6.07) is 23.0. The lowest BCUT2D eigenvalue weighted by atomic mass is 10.2. The van der Waals surface area contributed by atoms with E-state index in [0.29, 0.717) is 34.7 Å². The quantitative estimate of drug-likeness (QED) is 0.375. The summed E-state index contributed by atoms with van der Waals surface area (Å²) in [6.07, 6.45) is 0. The molecule has 0 aliphatic rings. The number of ether oxygens (including phenoxy) is 1. The number of rotatable bonds is 8. The van der Waals surface area contributed by atoms with Gasteiger partial charge in [0, 0.05) is 11.3 Å². The van der Waals surface area contributed by atoms with Gasteiger partial charge in [0.2, 0.25) is 5.91 Å². The van der Waals surface area contributed by atoms with E-state index in [2.05, 4.69) is 15.5 Å². The van der Waals surface area contributed by atoms with Crippen LogP contribution in [-0.4, -0.2) is 33.0 Å². The molecule has 4 rings (SSSR count). The number of hydrogen-bond donors (Lipinski definition) is 1. The van der Waals surface area contributed by atoms with Crippen molar-refractivity contribution in [3.05, 3.63) is 84.7 Å². The summed E-state index contributed by atoms with van der Waals surface area (Å²) >= 11 is 1.25. The Morgan fingerprint density at radius 3 is 2.47 bits per heavy atom. The van der Waals surface area contributed by atoms with Crippen molar-refractivity contribution in [3.63, 3.8) is 0 Å². The lowest BCUT2D eigenvalue weighted by Crippen LogP contribution is -2.15. The standard InChI is InChI=1S/C24H21FN4O2S/c1-2-31-21-11-7-6-10-20(21)26-22(30)16-32-24-28-27-23(17-8-4-3-5-9-17)29(24)19-14-12-18(25)13-15-19/h3-15H,2,16H2,1H3,(H,26,30). The van der Waals surface area contributed by atoms with E-state index in [9.17, 15) is 9.18 Å². The van der Waals surface area contributed by atoms with Crippen LogP contribution in [-0.2, 0) is 4.79 Å². The van der Waals surface area contributed by atoms with Crippen molar-refractivity contribution in [2.75, 3.05) is 17.7 Å². The molecule has 0 fully saturated rings. The molecule has 8 heteroatoms. The normalized spacial score (nSPS) is 10.7. The average Bonchev–Trinajstić information content (AvgIpc) is 3.24. The second kappa shape index (κ2) is 10.1. The van der Waals surface area contributed by atoms with Gasteiger partial charge in [-0.05, 0) is 43.3 Å². The fourth-order valence-electron chi connectivity index (χ4n) is 3.13. The number of nitrogens with one attached hydrogen (secondary N) is 1. The topological polar surface area (TPSA) is 69.0 Å². The number of benzene rings is 3. The zero-order valence-electron chi connectivity index (χ0n) is 17.4. The van der Waals surface area contributed by atoms with Crippen molar-refractivity contribution in [2.24, 2.45) is 0 Å². The van der Waals surface area contributed by atoms with Crippen LogP contribution in [0, 0.1) is 5.82 Å². The molecule has 0 unspecified atom stereocenters. The van der Waals surface area contributed by atoms with E-state index in [1.54, 1.807) is 18.2 Å². The first-order valence-corrected chi connectivity index (χ1v) is 11.1. The van der Waals surface area contributed by atoms with Crippen LogP contribution in [0.5, 0.6) is 5.75 Å². The number of hydrogen-bond acceptors (Lipinski definition) is 5. The van der Waals surface area contributed by atoms with Crippen LogP contribution < -0.4 is 10.1 Å². The lowest BCUT2D eigenvalue weighted by molar-refractivity contribution is -0.113. The Labute approximate surface area is 189 Å². The Bertz CT molecular complexity index is 1200. The molecular formula is C24H21FN4O2S. The zero-order valence-corrected chi connectivity index (χ0v) is 18.2. The zero-order chi connectivity index (χ0) is 22.3. The van der Waals surface area contributed by atoms with Crippen LogP contribution in [0.3, 0.4) is 0 Å². The first-order valence-electron chi connectivity index (χ1n) is 10.1. The molecule has 0 saturated carbocycles. The van der Waals surface area contributed by atoms with Crippen molar-refractivity contribution in [3.8, 4) is 22.8 Å². The number of halogens is 1. The maximum atomic E-state index is 13.5. The SMILES string of the molecule is CCOc1ccccc1NC(=O)CSc1nnc(-c2ccccc2)n1-c1ccc(F)cc1. The summed E-state index contributed by atoms with van der Waals surface area (Å²) in [5, 5.41) is 12.0. The third-order valence-corrected chi connectivity index (χ3v) is 5.47. The van der Waals surface area contributed by atoms with Crippen LogP contribution >= 0.6 is 11.8 Å². The molecule has 0 bridgehead atoms. The van der Waals surface area contributed by atoms with Crippen LogP contribution in [0.2, 0.25) is 0 Å². The van der Waals surface area contributed by atoms with Crippen molar-refractivity contribution in [1.82, 2.24) is 14.8 Å².